The summed E-state index contributed by atoms with van der Waals surface area (Å²) in [6, 6.07) is 8.86. The average Bonchev–Trinajstić information content (AvgIpc) is 2.46. The van der Waals surface area contributed by atoms with Gasteiger partial charge < -0.3 is 10.0 Å². The van der Waals surface area contributed by atoms with Crippen molar-refractivity contribution in [3.05, 3.63) is 29.8 Å². The molecule has 1 unspecified atom stereocenters. The molecule has 0 saturated carbocycles. The van der Waals surface area contributed by atoms with Gasteiger partial charge >= 0.3 is 0 Å². The summed E-state index contributed by atoms with van der Waals surface area (Å²) in [5.74, 6) is 0. The maximum absolute atomic E-state index is 10.2. The molecular formula is C16H26N2O. The maximum atomic E-state index is 10.2. The zero-order valence-corrected chi connectivity index (χ0v) is 12.3. The van der Waals surface area contributed by atoms with E-state index < -0.39 is 0 Å². The van der Waals surface area contributed by atoms with E-state index >= 15 is 0 Å². The highest BCUT2D eigenvalue weighted by atomic mass is 16.3. The first-order chi connectivity index (χ1) is 9.17. The third-order valence-corrected chi connectivity index (χ3v) is 4.19. The summed E-state index contributed by atoms with van der Waals surface area (Å²) in [5, 5.41) is 10.2. The first-order valence-electron chi connectivity index (χ1n) is 7.43. The molecule has 0 bridgehead atoms. The van der Waals surface area contributed by atoms with E-state index in [1.165, 1.54) is 5.69 Å². The van der Waals surface area contributed by atoms with Crippen molar-refractivity contribution in [2.75, 3.05) is 31.1 Å². The van der Waals surface area contributed by atoms with E-state index in [0.717, 1.165) is 38.2 Å². The molecule has 1 heterocycles. The molecule has 0 radical (unpaired) electrons. The van der Waals surface area contributed by atoms with Gasteiger partial charge in [-0.05, 0) is 26.0 Å². The van der Waals surface area contributed by atoms with Crippen molar-refractivity contribution in [2.45, 2.75) is 39.3 Å². The number of aliphatic hydroxyl groups excluding tert-OH is 1. The summed E-state index contributed by atoms with van der Waals surface area (Å²) >= 11 is 0. The monoisotopic (exact) mass is 262 g/mol. The van der Waals surface area contributed by atoms with Crippen LogP contribution in [0.15, 0.2) is 24.3 Å². The SMILES string of the molecule is CC[C@@H](O)c1ccccc1N1CCN(CC)C(C)C1. The van der Waals surface area contributed by atoms with Gasteiger partial charge in [-0.2, -0.15) is 0 Å². The van der Waals surface area contributed by atoms with E-state index in [1.807, 2.05) is 13.0 Å². The highest BCUT2D eigenvalue weighted by Crippen LogP contribution is 2.29. The normalized spacial score (nSPS) is 22.5. The van der Waals surface area contributed by atoms with E-state index in [2.05, 4.69) is 41.8 Å². The molecule has 0 aromatic heterocycles. The van der Waals surface area contributed by atoms with Crippen LogP contribution in [-0.4, -0.2) is 42.2 Å². The van der Waals surface area contributed by atoms with Gasteiger partial charge in [0.2, 0.25) is 0 Å². The molecule has 1 aromatic rings. The topological polar surface area (TPSA) is 26.7 Å². The van der Waals surface area contributed by atoms with Gasteiger partial charge in [0.15, 0.2) is 0 Å². The van der Waals surface area contributed by atoms with Gasteiger partial charge in [0, 0.05) is 36.9 Å². The molecule has 1 N–H and O–H groups in total. The molecule has 3 nitrogen and oxygen atoms in total. The van der Waals surface area contributed by atoms with Crippen LogP contribution in [0.1, 0.15) is 38.9 Å². The predicted octanol–water partition coefficient (Wildman–Crippen LogP) is 2.66. The van der Waals surface area contributed by atoms with Crippen molar-refractivity contribution in [1.29, 1.82) is 0 Å². The van der Waals surface area contributed by atoms with Gasteiger partial charge in [0.05, 0.1) is 6.10 Å². The Bertz CT molecular complexity index is 407. The summed E-state index contributed by atoms with van der Waals surface area (Å²) < 4.78 is 0. The Morgan fingerprint density at radius 3 is 2.63 bits per heavy atom. The van der Waals surface area contributed by atoms with Crippen LogP contribution >= 0.6 is 0 Å². The number of hydrogen-bond acceptors (Lipinski definition) is 3. The molecule has 1 aliphatic rings. The van der Waals surface area contributed by atoms with E-state index in [-0.39, 0.29) is 6.10 Å². The lowest BCUT2D eigenvalue weighted by atomic mass is 10.0. The first kappa shape index (κ1) is 14.4. The van der Waals surface area contributed by atoms with E-state index in [1.54, 1.807) is 0 Å². The highest BCUT2D eigenvalue weighted by Gasteiger charge is 2.24. The van der Waals surface area contributed by atoms with Crippen LogP contribution in [0.5, 0.6) is 0 Å². The van der Waals surface area contributed by atoms with Gasteiger partial charge in [-0.15, -0.1) is 0 Å². The quantitative estimate of drug-likeness (QED) is 0.903. The van der Waals surface area contributed by atoms with Crippen LogP contribution in [-0.2, 0) is 0 Å². The van der Waals surface area contributed by atoms with E-state index in [0.29, 0.717) is 6.04 Å². The smallest absolute Gasteiger partial charge is 0.0807 e. The number of benzene rings is 1. The molecule has 0 spiro atoms. The first-order valence-corrected chi connectivity index (χ1v) is 7.43. The van der Waals surface area contributed by atoms with Crippen molar-refractivity contribution >= 4 is 5.69 Å². The van der Waals surface area contributed by atoms with Gasteiger partial charge in [-0.1, -0.05) is 32.0 Å². The third-order valence-electron chi connectivity index (χ3n) is 4.19. The zero-order valence-electron chi connectivity index (χ0n) is 12.3. The molecule has 1 aromatic carbocycles. The molecule has 0 aliphatic carbocycles. The number of anilines is 1. The molecule has 1 fully saturated rings. The number of hydrogen-bond donors (Lipinski definition) is 1. The van der Waals surface area contributed by atoms with Crippen LogP contribution in [0.4, 0.5) is 5.69 Å². The number of rotatable bonds is 4. The standard InChI is InChI=1S/C16H26N2O/c1-4-16(19)14-8-6-7-9-15(14)18-11-10-17(5-2)13(3)12-18/h6-9,13,16,19H,4-5,10-12H2,1-3H3/t13?,16-/m1/s1. The lowest BCUT2D eigenvalue weighted by Crippen LogP contribution is -2.52. The highest BCUT2D eigenvalue weighted by molar-refractivity contribution is 5.55. The minimum absolute atomic E-state index is 0.351. The number of aliphatic hydroxyl groups is 1. The molecule has 106 valence electrons. The second-order valence-corrected chi connectivity index (χ2v) is 5.41. The maximum Gasteiger partial charge on any atom is 0.0807 e. The van der Waals surface area contributed by atoms with Gasteiger partial charge in [-0.25, -0.2) is 0 Å². The summed E-state index contributed by atoms with van der Waals surface area (Å²) in [5.41, 5.74) is 2.28. The molecule has 2 rings (SSSR count). The lowest BCUT2D eigenvalue weighted by Gasteiger charge is -2.41. The molecule has 1 saturated heterocycles. The lowest BCUT2D eigenvalue weighted by molar-refractivity contribution is 0.172. The minimum atomic E-state index is -0.351. The molecule has 3 heteroatoms. The van der Waals surface area contributed by atoms with Crippen molar-refractivity contribution in [3.8, 4) is 0 Å². The predicted molar refractivity (Wildman–Crippen MR) is 80.6 cm³/mol. The van der Waals surface area contributed by atoms with Crippen molar-refractivity contribution in [1.82, 2.24) is 4.90 Å². The number of piperazine rings is 1. The van der Waals surface area contributed by atoms with Gasteiger partial charge in [0.1, 0.15) is 0 Å². The Labute approximate surface area is 116 Å². The van der Waals surface area contributed by atoms with Crippen LogP contribution in [0.25, 0.3) is 0 Å². The fourth-order valence-corrected chi connectivity index (χ4v) is 2.96. The zero-order chi connectivity index (χ0) is 13.8. The van der Waals surface area contributed by atoms with Crippen molar-refractivity contribution in [2.24, 2.45) is 0 Å². The Balaban J connectivity index is 2.19. The Morgan fingerprint density at radius 1 is 1.26 bits per heavy atom. The van der Waals surface area contributed by atoms with E-state index in [4.69, 9.17) is 0 Å². The van der Waals surface area contributed by atoms with Crippen molar-refractivity contribution in [3.63, 3.8) is 0 Å². The number of para-hydroxylation sites is 1. The Hall–Kier alpha value is -1.06. The second-order valence-electron chi connectivity index (χ2n) is 5.41. The second kappa shape index (κ2) is 6.40. The Morgan fingerprint density at radius 2 is 2.00 bits per heavy atom. The average molecular weight is 262 g/mol. The largest absolute Gasteiger partial charge is 0.388 e. The van der Waals surface area contributed by atoms with Crippen LogP contribution < -0.4 is 4.90 Å². The van der Waals surface area contributed by atoms with Crippen LogP contribution in [0.3, 0.4) is 0 Å². The number of nitrogens with zero attached hydrogens (tertiary/aromatic N) is 2. The molecule has 0 amide bonds. The van der Waals surface area contributed by atoms with Crippen LogP contribution in [0.2, 0.25) is 0 Å². The molecule has 19 heavy (non-hydrogen) atoms. The minimum Gasteiger partial charge on any atom is -0.388 e. The van der Waals surface area contributed by atoms with Gasteiger partial charge in [0.25, 0.3) is 0 Å². The summed E-state index contributed by atoms with van der Waals surface area (Å²) in [6.07, 6.45) is 0.414. The number of likely N-dealkylation sites (N-methyl/N-ethyl adjacent to an activating group) is 1. The summed E-state index contributed by atoms with van der Waals surface area (Å²) in [6.45, 7) is 10.9. The van der Waals surface area contributed by atoms with Crippen molar-refractivity contribution < 1.29 is 5.11 Å². The van der Waals surface area contributed by atoms with Crippen LogP contribution in [0, 0.1) is 0 Å². The fourth-order valence-electron chi connectivity index (χ4n) is 2.96. The molecule has 1 aliphatic heterocycles. The van der Waals surface area contributed by atoms with Gasteiger partial charge in [-0.3, -0.25) is 4.90 Å². The Kier molecular flexibility index (Phi) is 4.83. The molecular weight excluding hydrogens is 236 g/mol. The summed E-state index contributed by atoms with van der Waals surface area (Å²) in [7, 11) is 0. The fraction of sp³-hybridized carbons (Fsp3) is 0.625. The molecule has 2 atom stereocenters. The van der Waals surface area contributed by atoms with E-state index in [9.17, 15) is 5.11 Å². The third kappa shape index (κ3) is 3.10. The summed E-state index contributed by atoms with van der Waals surface area (Å²) in [4.78, 5) is 4.93.